The quantitative estimate of drug-likeness (QED) is 0.748. The maximum atomic E-state index is 12.5. The van der Waals surface area contributed by atoms with Crippen molar-refractivity contribution in [2.75, 3.05) is 6.54 Å². The molecule has 1 aromatic heterocycles. The first kappa shape index (κ1) is 12.8. The van der Waals surface area contributed by atoms with Crippen molar-refractivity contribution in [3.63, 3.8) is 0 Å². The molecular weight excluding hydrogens is 286 g/mol. The van der Waals surface area contributed by atoms with Crippen LogP contribution in [0.15, 0.2) is 16.9 Å². The standard InChI is InChI=1S/C14H11N5O3/c15-3-5-19-14(21)8-7-11-9(6-10(8)16-17-19)13(20)18-4-1-2-12(18)22-11/h6-7,12H,1-2,4-5H2. The second-order valence-corrected chi connectivity index (χ2v) is 5.29. The molecule has 0 saturated carbocycles. The maximum Gasteiger partial charge on any atom is 0.278 e. The lowest BCUT2D eigenvalue weighted by Crippen LogP contribution is -2.43. The lowest BCUT2D eigenvalue weighted by molar-refractivity contribution is 0.0295. The van der Waals surface area contributed by atoms with Gasteiger partial charge in [0.2, 0.25) is 0 Å². The largest absolute Gasteiger partial charge is 0.470 e. The van der Waals surface area contributed by atoms with E-state index in [0.29, 0.717) is 28.8 Å². The van der Waals surface area contributed by atoms with Gasteiger partial charge in [-0.2, -0.15) is 9.94 Å². The number of carbonyl (C=O) groups excluding carboxylic acids is 1. The molecular formula is C14H11N5O3. The highest BCUT2D eigenvalue weighted by atomic mass is 16.5. The second kappa shape index (κ2) is 4.53. The summed E-state index contributed by atoms with van der Waals surface area (Å²) in [7, 11) is 0. The summed E-state index contributed by atoms with van der Waals surface area (Å²) in [4.78, 5) is 26.4. The number of carbonyl (C=O) groups is 1. The van der Waals surface area contributed by atoms with Crippen LogP contribution >= 0.6 is 0 Å². The molecule has 1 fully saturated rings. The molecule has 3 heterocycles. The Kier molecular flexibility index (Phi) is 2.63. The van der Waals surface area contributed by atoms with Crippen molar-refractivity contribution in [3.8, 4) is 11.8 Å². The Hall–Kier alpha value is -2.95. The summed E-state index contributed by atoms with van der Waals surface area (Å²) in [5, 5.41) is 16.6. The van der Waals surface area contributed by atoms with Crippen LogP contribution in [0.4, 0.5) is 0 Å². The van der Waals surface area contributed by atoms with Crippen molar-refractivity contribution < 1.29 is 9.53 Å². The highest BCUT2D eigenvalue weighted by Crippen LogP contribution is 2.34. The Morgan fingerprint density at radius 2 is 2.27 bits per heavy atom. The number of ether oxygens (including phenoxy) is 1. The molecule has 4 rings (SSSR count). The number of hydrogen-bond acceptors (Lipinski definition) is 6. The molecule has 0 spiro atoms. The topological polar surface area (TPSA) is 101 Å². The Morgan fingerprint density at radius 1 is 1.41 bits per heavy atom. The fourth-order valence-electron chi connectivity index (χ4n) is 2.93. The smallest absolute Gasteiger partial charge is 0.278 e. The predicted molar refractivity (Wildman–Crippen MR) is 74.1 cm³/mol. The molecule has 8 nitrogen and oxygen atoms in total. The van der Waals surface area contributed by atoms with Gasteiger partial charge in [-0.3, -0.25) is 9.59 Å². The molecule has 110 valence electrons. The fraction of sp³-hybridized carbons (Fsp3) is 0.357. The van der Waals surface area contributed by atoms with E-state index in [1.54, 1.807) is 4.90 Å². The average Bonchev–Trinajstić information content (AvgIpc) is 2.98. The second-order valence-electron chi connectivity index (χ2n) is 5.29. The summed E-state index contributed by atoms with van der Waals surface area (Å²) in [5.41, 5.74) is 0.309. The number of aromatic nitrogens is 3. The van der Waals surface area contributed by atoms with Crippen LogP contribution in [0, 0.1) is 11.3 Å². The van der Waals surface area contributed by atoms with Crippen LogP contribution in [0.1, 0.15) is 23.2 Å². The molecule has 1 amide bonds. The minimum atomic E-state index is -0.417. The predicted octanol–water partition coefficient (Wildman–Crippen LogP) is 0.270. The molecule has 2 aliphatic heterocycles. The molecule has 1 atom stereocenters. The van der Waals surface area contributed by atoms with E-state index in [9.17, 15) is 9.59 Å². The number of rotatable bonds is 1. The van der Waals surface area contributed by atoms with Crippen LogP contribution in [-0.2, 0) is 6.54 Å². The zero-order valence-electron chi connectivity index (χ0n) is 11.5. The van der Waals surface area contributed by atoms with Gasteiger partial charge in [0.25, 0.3) is 11.5 Å². The van der Waals surface area contributed by atoms with Gasteiger partial charge < -0.3 is 9.64 Å². The highest BCUT2D eigenvalue weighted by Gasteiger charge is 2.37. The van der Waals surface area contributed by atoms with Gasteiger partial charge >= 0.3 is 0 Å². The minimum Gasteiger partial charge on any atom is -0.470 e. The van der Waals surface area contributed by atoms with Crippen molar-refractivity contribution >= 4 is 16.8 Å². The third-order valence-corrected chi connectivity index (χ3v) is 4.00. The van der Waals surface area contributed by atoms with E-state index in [1.807, 2.05) is 6.07 Å². The summed E-state index contributed by atoms with van der Waals surface area (Å²) in [6, 6.07) is 4.92. The van der Waals surface area contributed by atoms with Gasteiger partial charge in [-0.15, -0.1) is 5.10 Å². The van der Waals surface area contributed by atoms with Crippen LogP contribution in [-0.4, -0.2) is 38.6 Å². The van der Waals surface area contributed by atoms with Gasteiger partial charge in [0.1, 0.15) is 17.8 Å². The highest BCUT2D eigenvalue weighted by molar-refractivity contribution is 6.01. The zero-order valence-corrected chi connectivity index (χ0v) is 11.5. The van der Waals surface area contributed by atoms with Crippen LogP contribution < -0.4 is 10.3 Å². The third-order valence-electron chi connectivity index (χ3n) is 4.00. The number of fused-ring (bicyclic) bond motifs is 3. The number of hydrogen-bond donors (Lipinski definition) is 0. The molecule has 0 N–H and O–H groups in total. The van der Waals surface area contributed by atoms with Crippen molar-refractivity contribution in [1.29, 1.82) is 5.26 Å². The average molecular weight is 297 g/mol. The van der Waals surface area contributed by atoms with Gasteiger partial charge in [-0.05, 0) is 18.6 Å². The molecule has 22 heavy (non-hydrogen) atoms. The number of amides is 1. The van der Waals surface area contributed by atoms with Crippen molar-refractivity contribution in [2.24, 2.45) is 0 Å². The van der Waals surface area contributed by atoms with E-state index in [1.165, 1.54) is 12.1 Å². The van der Waals surface area contributed by atoms with Gasteiger partial charge in [-0.25, -0.2) is 0 Å². The van der Waals surface area contributed by atoms with Gasteiger partial charge in [0, 0.05) is 13.0 Å². The summed E-state index contributed by atoms with van der Waals surface area (Å²) < 4.78 is 6.82. The lowest BCUT2D eigenvalue weighted by atomic mass is 10.1. The molecule has 8 heteroatoms. The number of benzene rings is 1. The number of nitriles is 1. The van der Waals surface area contributed by atoms with Crippen LogP contribution in [0.25, 0.3) is 10.9 Å². The van der Waals surface area contributed by atoms with E-state index in [0.717, 1.165) is 17.5 Å². The molecule has 1 aromatic carbocycles. The molecule has 2 aliphatic rings. The lowest BCUT2D eigenvalue weighted by Gasteiger charge is -2.31. The van der Waals surface area contributed by atoms with Crippen LogP contribution in [0.5, 0.6) is 5.75 Å². The normalized spacial score (nSPS) is 19.5. The third kappa shape index (κ3) is 1.69. The Balaban J connectivity index is 1.92. The summed E-state index contributed by atoms with van der Waals surface area (Å²) >= 11 is 0. The number of nitrogens with zero attached hydrogens (tertiary/aromatic N) is 5. The van der Waals surface area contributed by atoms with Crippen molar-refractivity contribution in [3.05, 3.63) is 28.0 Å². The maximum absolute atomic E-state index is 12.5. The first-order valence-electron chi connectivity index (χ1n) is 6.95. The van der Waals surface area contributed by atoms with Crippen LogP contribution in [0.3, 0.4) is 0 Å². The van der Waals surface area contributed by atoms with Crippen molar-refractivity contribution in [1.82, 2.24) is 19.9 Å². The molecule has 0 radical (unpaired) electrons. The van der Waals surface area contributed by atoms with E-state index < -0.39 is 5.56 Å². The Bertz CT molecular complexity index is 898. The molecule has 0 bridgehead atoms. The summed E-state index contributed by atoms with van der Waals surface area (Å²) in [6.45, 7) is 0.505. The van der Waals surface area contributed by atoms with E-state index in [2.05, 4.69) is 10.3 Å². The van der Waals surface area contributed by atoms with E-state index >= 15 is 0 Å². The molecule has 0 aliphatic carbocycles. The fourth-order valence-corrected chi connectivity index (χ4v) is 2.93. The monoisotopic (exact) mass is 297 g/mol. The van der Waals surface area contributed by atoms with Gasteiger partial charge in [0.15, 0.2) is 6.23 Å². The summed E-state index contributed by atoms with van der Waals surface area (Å²) in [6.07, 6.45) is 1.43. The van der Waals surface area contributed by atoms with Gasteiger partial charge in [-0.1, -0.05) is 5.21 Å². The first-order chi connectivity index (χ1) is 10.7. The molecule has 2 aromatic rings. The Labute approximate surface area is 124 Å². The van der Waals surface area contributed by atoms with E-state index in [4.69, 9.17) is 10.00 Å². The SMILES string of the molecule is N#CCn1nnc2cc3c(cc2c1=O)OC1CCCN1C3=O. The zero-order chi connectivity index (χ0) is 15.3. The van der Waals surface area contributed by atoms with Crippen LogP contribution in [0.2, 0.25) is 0 Å². The first-order valence-corrected chi connectivity index (χ1v) is 6.95. The minimum absolute atomic E-state index is 0.103. The molecule has 1 unspecified atom stereocenters. The van der Waals surface area contributed by atoms with Crippen molar-refractivity contribution in [2.45, 2.75) is 25.6 Å². The molecule has 1 saturated heterocycles. The van der Waals surface area contributed by atoms with Gasteiger partial charge in [0.05, 0.1) is 17.0 Å². The van der Waals surface area contributed by atoms with E-state index in [-0.39, 0.29) is 18.7 Å². The summed E-state index contributed by atoms with van der Waals surface area (Å²) in [5.74, 6) is 0.294. The Morgan fingerprint density at radius 3 is 3.09 bits per heavy atom.